The molecule has 6 heteroatoms. The van der Waals surface area contributed by atoms with Crippen LogP contribution in [0.2, 0.25) is 0 Å². The summed E-state index contributed by atoms with van der Waals surface area (Å²) in [6, 6.07) is 1.60. The summed E-state index contributed by atoms with van der Waals surface area (Å²) in [6.45, 7) is 2.37. The molecule has 0 rings (SSSR count). The molecule has 0 aromatic heterocycles. The SMILES string of the molecule is CCCC(CCO)CNS(=O)(=O)CC#N. The lowest BCUT2D eigenvalue weighted by molar-refractivity contribution is 0.251. The molecule has 5 nitrogen and oxygen atoms in total. The van der Waals surface area contributed by atoms with E-state index in [-0.39, 0.29) is 12.5 Å². The standard InChI is InChI=1S/C9H18N2O3S/c1-2-3-9(4-6-12)8-11-15(13,14)7-5-10/h9,11-12H,2-4,6-8H2,1H3. The Morgan fingerprint density at radius 3 is 2.60 bits per heavy atom. The second-order valence-electron chi connectivity index (χ2n) is 3.43. The molecule has 15 heavy (non-hydrogen) atoms. The number of nitriles is 1. The maximum Gasteiger partial charge on any atom is 0.225 e. The Morgan fingerprint density at radius 1 is 1.47 bits per heavy atom. The van der Waals surface area contributed by atoms with Crippen molar-refractivity contribution in [1.29, 1.82) is 5.26 Å². The van der Waals surface area contributed by atoms with Crippen LogP contribution in [0.25, 0.3) is 0 Å². The highest BCUT2D eigenvalue weighted by molar-refractivity contribution is 7.89. The molecule has 2 N–H and O–H groups in total. The summed E-state index contributed by atoms with van der Waals surface area (Å²) < 4.78 is 24.7. The van der Waals surface area contributed by atoms with Crippen LogP contribution in [-0.2, 0) is 10.0 Å². The Kier molecular flexibility index (Phi) is 7.30. The molecule has 0 bridgehead atoms. The summed E-state index contributed by atoms with van der Waals surface area (Å²) >= 11 is 0. The number of aliphatic hydroxyl groups is 1. The topological polar surface area (TPSA) is 90.2 Å². The number of nitrogens with zero attached hydrogens (tertiary/aromatic N) is 1. The Morgan fingerprint density at radius 2 is 2.13 bits per heavy atom. The van der Waals surface area contributed by atoms with E-state index in [0.29, 0.717) is 13.0 Å². The minimum atomic E-state index is -3.46. The normalized spacial score (nSPS) is 13.4. The molecule has 0 aromatic rings. The van der Waals surface area contributed by atoms with E-state index in [1.54, 1.807) is 6.07 Å². The van der Waals surface area contributed by atoms with Gasteiger partial charge < -0.3 is 5.11 Å². The molecule has 0 amide bonds. The molecule has 1 atom stereocenters. The van der Waals surface area contributed by atoms with Gasteiger partial charge in [-0.3, -0.25) is 0 Å². The Hall–Kier alpha value is -0.640. The Balaban J connectivity index is 4.04. The molecule has 0 saturated heterocycles. The van der Waals surface area contributed by atoms with Crippen molar-refractivity contribution in [1.82, 2.24) is 4.72 Å². The Labute approximate surface area is 91.2 Å². The zero-order valence-corrected chi connectivity index (χ0v) is 9.76. The van der Waals surface area contributed by atoms with Gasteiger partial charge in [-0.15, -0.1) is 0 Å². The van der Waals surface area contributed by atoms with Crippen molar-refractivity contribution in [2.24, 2.45) is 5.92 Å². The lowest BCUT2D eigenvalue weighted by Crippen LogP contribution is -2.31. The second kappa shape index (κ2) is 7.63. The largest absolute Gasteiger partial charge is 0.396 e. The summed E-state index contributed by atoms with van der Waals surface area (Å²) in [5.74, 6) is -0.362. The number of hydrogen-bond donors (Lipinski definition) is 2. The average molecular weight is 234 g/mol. The zero-order chi connectivity index (χ0) is 11.7. The molecule has 0 radical (unpaired) electrons. The predicted molar refractivity (Wildman–Crippen MR) is 57.5 cm³/mol. The van der Waals surface area contributed by atoms with Gasteiger partial charge in [0, 0.05) is 13.2 Å². The number of sulfonamides is 1. The highest BCUT2D eigenvalue weighted by atomic mass is 32.2. The maximum atomic E-state index is 11.1. The lowest BCUT2D eigenvalue weighted by Gasteiger charge is -2.14. The summed E-state index contributed by atoms with van der Waals surface area (Å²) in [5.41, 5.74) is 0. The highest BCUT2D eigenvalue weighted by Crippen LogP contribution is 2.09. The number of hydrogen-bond acceptors (Lipinski definition) is 4. The minimum absolute atomic E-state index is 0.0602. The summed E-state index contributed by atoms with van der Waals surface area (Å²) in [5, 5.41) is 17.0. The smallest absolute Gasteiger partial charge is 0.225 e. The van der Waals surface area contributed by atoms with Gasteiger partial charge in [0.1, 0.15) is 0 Å². The van der Waals surface area contributed by atoms with Crippen LogP contribution in [0.4, 0.5) is 0 Å². The molecule has 0 aromatic carbocycles. The van der Waals surface area contributed by atoms with Gasteiger partial charge in [0.15, 0.2) is 5.75 Å². The van der Waals surface area contributed by atoms with E-state index >= 15 is 0 Å². The molecule has 0 saturated carbocycles. The van der Waals surface area contributed by atoms with Crippen LogP contribution in [0.1, 0.15) is 26.2 Å². The van der Waals surface area contributed by atoms with Crippen LogP contribution in [0.15, 0.2) is 0 Å². The van der Waals surface area contributed by atoms with Crippen molar-refractivity contribution in [3.05, 3.63) is 0 Å². The summed E-state index contributed by atoms with van der Waals surface area (Å²) in [4.78, 5) is 0. The van der Waals surface area contributed by atoms with Gasteiger partial charge in [0.2, 0.25) is 10.0 Å². The van der Waals surface area contributed by atoms with Crippen LogP contribution in [0.3, 0.4) is 0 Å². The quantitative estimate of drug-likeness (QED) is 0.629. The Bertz CT molecular complexity index is 289. The molecular formula is C9H18N2O3S. The molecule has 0 aliphatic rings. The fourth-order valence-corrected chi connectivity index (χ4v) is 2.08. The van der Waals surface area contributed by atoms with Crippen molar-refractivity contribution in [3.8, 4) is 6.07 Å². The van der Waals surface area contributed by atoms with Crippen LogP contribution >= 0.6 is 0 Å². The fraction of sp³-hybridized carbons (Fsp3) is 0.889. The first-order chi connectivity index (χ1) is 7.05. The third-order valence-electron chi connectivity index (χ3n) is 2.08. The van der Waals surface area contributed by atoms with Gasteiger partial charge >= 0.3 is 0 Å². The van der Waals surface area contributed by atoms with Gasteiger partial charge in [-0.1, -0.05) is 13.3 Å². The first-order valence-electron chi connectivity index (χ1n) is 5.00. The van der Waals surface area contributed by atoms with Gasteiger partial charge in [-0.05, 0) is 18.8 Å². The third-order valence-corrected chi connectivity index (χ3v) is 3.20. The van der Waals surface area contributed by atoms with Crippen LogP contribution in [0, 0.1) is 17.2 Å². The number of aliphatic hydroxyl groups excluding tert-OH is 1. The summed E-state index contributed by atoms with van der Waals surface area (Å²) in [6.07, 6.45) is 2.41. The zero-order valence-electron chi connectivity index (χ0n) is 8.94. The van der Waals surface area contributed by atoms with Gasteiger partial charge in [-0.2, -0.15) is 5.26 Å². The van der Waals surface area contributed by atoms with Crippen molar-refractivity contribution in [2.45, 2.75) is 26.2 Å². The van der Waals surface area contributed by atoms with Gasteiger partial charge in [0.25, 0.3) is 0 Å². The maximum absolute atomic E-state index is 11.1. The van der Waals surface area contributed by atoms with Crippen molar-refractivity contribution < 1.29 is 13.5 Å². The molecular weight excluding hydrogens is 216 g/mol. The number of rotatable bonds is 8. The fourth-order valence-electron chi connectivity index (χ4n) is 1.32. The van der Waals surface area contributed by atoms with Crippen molar-refractivity contribution in [3.63, 3.8) is 0 Å². The van der Waals surface area contributed by atoms with E-state index < -0.39 is 15.8 Å². The van der Waals surface area contributed by atoms with E-state index in [9.17, 15) is 8.42 Å². The highest BCUT2D eigenvalue weighted by Gasteiger charge is 2.13. The van der Waals surface area contributed by atoms with Crippen LogP contribution < -0.4 is 4.72 Å². The predicted octanol–water partition coefficient (Wildman–Crippen LogP) is 0.228. The molecule has 0 aliphatic carbocycles. The van der Waals surface area contributed by atoms with Crippen molar-refractivity contribution >= 4 is 10.0 Å². The molecule has 0 fully saturated rings. The van der Waals surface area contributed by atoms with Crippen LogP contribution in [0.5, 0.6) is 0 Å². The molecule has 88 valence electrons. The average Bonchev–Trinajstić information content (AvgIpc) is 2.15. The van der Waals surface area contributed by atoms with E-state index in [2.05, 4.69) is 4.72 Å². The first kappa shape index (κ1) is 14.4. The van der Waals surface area contributed by atoms with Crippen LogP contribution in [-0.4, -0.2) is 32.4 Å². The van der Waals surface area contributed by atoms with Gasteiger partial charge in [0.05, 0.1) is 6.07 Å². The van der Waals surface area contributed by atoms with E-state index in [1.165, 1.54) is 0 Å². The number of nitrogens with one attached hydrogen (secondary N) is 1. The molecule has 1 unspecified atom stereocenters. The lowest BCUT2D eigenvalue weighted by atomic mass is 10.0. The minimum Gasteiger partial charge on any atom is -0.396 e. The molecule has 0 spiro atoms. The second-order valence-corrected chi connectivity index (χ2v) is 5.24. The monoisotopic (exact) mass is 234 g/mol. The summed E-state index contributed by atoms with van der Waals surface area (Å²) in [7, 11) is -3.46. The van der Waals surface area contributed by atoms with E-state index in [1.807, 2.05) is 6.92 Å². The molecule has 0 aliphatic heterocycles. The van der Waals surface area contributed by atoms with Gasteiger partial charge in [-0.25, -0.2) is 13.1 Å². The van der Waals surface area contributed by atoms with Crippen molar-refractivity contribution in [2.75, 3.05) is 18.9 Å². The van der Waals surface area contributed by atoms with E-state index in [4.69, 9.17) is 10.4 Å². The molecule has 0 heterocycles. The third kappa shape index (κ3) is 7.31. The van der Waals surface area contributed by atoms with E-state index in [0.717, 1.165) is 12.8 Å². The first-order valence-corrected chi connectivity index (χ1v) is 6.66.